The highest BCUT2D eigenvalue weighted by Crippen LogP contribution is 2.13. The zero-order chi connectivity index (χ0) is 19.6. The first kappa shape index (κ1) is 24.4. The lowest BCUT2D eigenvalue weighted by molar-refractivity contribution is -0.909. The number of ether oxygens (including phenoxy) is 1. The van der Waals surface area contributed by atoms with E-state index in [9.17, 15) is 4.79 Å². The number of carbonyl (C=O) groups excluding carboxylic acids is 1. The minimum Gasteiger partial charge on any atom is -0.370 e. The van der Waals surface area contributed by atoms with Gasteiger partial charge < -0.3 is 14.5 Å². The molecule has 1 fully saturated rings. The largest absolute Gasteiger partial charge is 0.370 e. The Morgan fingerprint density at radius 1 is 0.778 bits per heavy atom. The molecule has 27 heavy (non-hydrogen) atoms. The lowest BCUT2D eigenvalue weighted by atomic mass is 10.0. The van der Waals surface area contributed by atoms with E-state index in [4.69, 9.17) is 4.74 Å². The predicted molar refractivity (Wildman–Crippen MR) is 115 cm³/mol. The monoisotopic (exact) mass is 383 g/mol. The van der Waals surface area contributed by atoms with Gasteiger partial charge >= 0.3 is 0 Å². The Labute approximate surface area is 169 Å². The quantitative estimate of drug-likeness (QED) is 0.282. The molecule has 1 aliphatic rings. The van der Waals surface area contributed by atoms with Crippen molar-refractivity contribution in [1.82, 2.24) is 5.32 Å². The van der Waals surface area contributed by atoms with Gasteiger partial charge in [0.25, 0.3) is 5.91 Å². The van der Waals surface area contributed by atoms with Crippen LogP contribution in [-0.2, 0) is 9.53 Å². The second kappa shape index (κ2) is 16.4. The molecule has 0 atom stereocenters. The van der Waals surface area contributed by atoms with Gasteiger partial charge in [0, 0.05) is 6.54 Å². The average Bonchev–Trinajstić information content (AvgIpc) is 2.65. The summed E-state index contributed by atoms with van der Waals surface area (Å²) in [6, 6.07) is 0. The Bertz CT molecular complexity index is 354. The molecule has 0 aromatic heterocycles. The smallest absolute Gasteiger partial charge is 0.275 e. The molecule has 0 unspecified atom stereocenters. The van der Waals surface area contributed by atoms with E-state index in [0.29, 0.717) is 6.54 Å². The molecular weight excluding hydrogens is 336 g/mol. The Hall–Kier alpha value is -0.610. The normalized spacial score (nSPS) is 16.4. The van der Waals surface area contributed by atoms with Crippen LogP contribution in [0.1, 0.15) is 96.8 Å². The molecule has 1 saturated heterocycles. The molecule has 0 aliphatic carbocycles. The van der Waals surface area contributed by atoms with E-state index in [1.54, 1.807) is 0 Å². The number of rotatable bonds is 17. The van der Waals surface area contributed by atoms with Gasteiger partial charge in [-0.3, -0.25) is 4.79 Å². The van der Waals surface area contributed by atoms with Gasteiger partial charge in [-0.2, -0.15) is 0 Å². The number of quaternary nitrogens is 1. The molecule has 1 aliphatic heterocycles. The number of nitrogens with zero attached hydrogens (tertiary/aromatic N) is 1. The van der Waals surface area contributed by atoms with Gasteiger partial charge in [0.1, 0.15) is 13.1 Å². The third-order valence-corrected chi connectivity index (χ3v) is 5.93. The van der Waals surface area contributed by atoms with Gasteiger partial charge in [0.2, 0.25) is 0 Å². The van der Waals surface area contributed by atoms with Crippen LogP contribution in [-0.4, -0.2) is 56.8 Å². The van der Waals surface area contributed by atoms with E-state index >= 15 is 0 Å². The summed E-state index contributed by atoms with van der Waals surface area (Å²) in [5.74, 6) is 0.203. The second-order valence-corrected chi connectivity index (χ2v) is 8.78. The lowest BCUT2D eigenvalue weighted by Gasteiger charge is -2.36. The number of unbranched alkanes of at least 4 members (excludes halogenated alkanes) is 13. The van der Waals surface area contributed by atoms with Crippen molar-refractivity contribution in [2.75, 3.05) is 46.4 Å². The first-order chi connectivity index (χ1) is 13.2. The lowest BCUT2D eigenvalue weighted by Crippen LogP contribution is -2.56. The third-order valence-electron chi connectivity index (χ3n) is 5.93. The third kappa shape index (κ3) is 14.1. The summed E-state index contributed by atoms with van der Waals surface area (Å²) in [6.07, 6.45) is 19.2. The van der Waals surface area contributed by atoms with Crippen molar-refractivity contribution >= 4 is 5.91 Å². The molecule has 0 saturated carbocycles. The number of morpholine rings is 1. The molecule has 4 nitrogen and oxygen atoms in total. The zero-order valence-corrected chi connectivity index (χ0v) is 18.4. The highest BCUT2D eigenvalue weighted by molar-refractivity contribution is 5.77. The van der Waals surface area contributed by atoms with E-state index < -0.39 is 0 Å². The van der Waals surface area contributed by atoms with Gasteiger partial charge in [0.15, 0.2) is 6.54 Å². The standard InChI is InChI=1S/C23H46N2O2/c1-3-4-5-6-7-8-9-10-11-12-13-14-15-16-17-24-23(26)22-25(2)18-20-27-21-19-25/h3-22H2,1-2H3/p+1. The number of hydrogen-bond acceptors (Lipinski definition) is 2. The van der Waals surface area contributed by atoms with Crippen molar-refractivity contribution in [2.45, 2.75) is 96.8 Å². The Kier molecular flexibility index (Phi) is 14.8. The molecule has 0 spiro atoms. The van der Waals surface area contributed by atoms with Crippen molar-refractivity contribution in [3.63, 3.8) is 0 Å². The highest BCUT2D eigenvalue weighted by atomic mass is 16.5. The molecule has 1 amide bonds. The number of hydrogen-bond donors (Lipinski definition) is 1. The van der Waals surface area contributed by atoms with Crippen LogP contribution in [0.4, 0.5) is 0 Å². The molecule has 0 aromatic rings. The van der Waals surface area contributed by atoms with Crippen LogP contribution >= 0.6 is 0 Å². The number of amides is 1. The van der Waals surface area contributed by atoms with Gasteiger partial charge in [-0.25, -0.2) is 0 Å². The van der Waals surface area contributed by atoms with E-state index in [1.165, 1.54) is 83.5 Å². The van der Waals surface area contributed by atoms with E-state index in [1.807, 2.05) is 0 Å². The van der Waals surface area contributed by atoms with Crippen LogP contribution in [0.15, 0.2) is 0 Å². The minimum atomic E-state index is 0.203. The van der Waals surface area contributed by atoms with E-state index in [0.717, 1.165) is 43.8 Å². The molecule has 0 aromatic carbocycles. The maximum absolute atomic E-state index is 12.1. The molecule has 0 radical (unpaired) electrons. The number of likely N-dealkylation sites (N-methyl/N-ethyl adjacent to an activating group) is 1. The summed E-state index contributed by atoms with van der Waals surface area (Å²) in [4.78, 5) is 12.1. The summed E-state index contributed by atoms with van der Waals surface area (Å²) in [6.45, 7) is 7.18. The van der Waals surface area contributed by atoms with Crippen molar-refractivity contribution in [3.05, 3.63) is 0 Å². The Balaban J connectivity index is 1.79. The van der Waals surface area contributed by atoms with Crippen LogP contribution in [0.2, 0.25) is 0 Å². The van der Waals surface area contributed by atoms with Crippen LogP contribution in [0, 0.1) is 0 Å². The topological polar surface area (TPSA) is 38.3 Å². The van der Waals surface area contributed by atoms with Crippen molar-refractivity contribution in [3.8, 4) is 0 Å². The summed E-state index contributed by atoms with van der Waals surface area (Å²) in [5, 5.41) is 3.10. The van der Waals surface area contributed by atoms with E-state index in [2.05, 4.69) is 19.3 Å². The number of nitrogens with one attached hydrogen (secondary N) is 1. The minimum absolute atomic E-state index is 0.203. The van der Waals surface area contributed by atoms with Crippen molar-refractivity contribution in [1.29, 1.82) is 0 Å². The highest BCUT2D eigenvalue weighted by Gasteiger charge is 2.27. The van der Waals surface area contributed by atoms with Gasteiger partial charge in [0.05, 0.1) is 20.3 Å². The van der Waals surface area contributed by atoms with Gasteiger partial charge in [-0.1, -0.05) is 90.4 Å². The molecule has 1 heterocycles. The molecule has 160 valence electrons. The Morgan fingerprint density at radius 2 is 1.22 bits per heavy atom. The second-order valence-electron chi connectivity index (χ2n) is 8.78. The first-order valence-electron chi connectivity index (χ1n) is 11.8. The average molecular weight is 384 g/mol. The van der Waals surface area contributed by atoms with Crippen LogP contribution in [0.25, 0.3) is 0 Å². The predicted octanol–water partition coefficient (Wildman–Crippen LogP) is 5.06. The molecule has 1 rings (SSSR count). The summed E-state index contributed by atoms with van der Waals surface area (Å²) >= 11 is 0. The summed E-state index contributed by atoms with van der Waals surface area (Å²) in [7, 11) is 2.16. The molecular formula is C23H47N2O2+. The fraction of sp³-hybridized carbons (Fsp3) is 0.957. The van der Waals surface area contributed by atoms with Crippen molar-refractivity contribution in [2.24, 2.45) is 0 Å². The first-order valence-corrected chi connectivity index (χ1v) is 11.8. The van der Waals surface area contributed by atoms with Gasteiger partial charge in [-0.05, 0) is 6.42 Å². The SMILES string of the molecule is CCCCCCCCCCCCCCCCNC(=O)C[N+]1(C)CCOCC1. The van der Waals surface area contributed by atoms with Gasteiger partial charge in [-0.15, -0.1) is 0 Å². The number of carbonyl (C=O) groups is 1. The summed E-state index contributed by atoms with van der Waals surface area (Å²) in [5.41, 5.74) is 0. The zero-order valence-electron chi connectivity index (χ0n) is 18.4. The molecule has 4 heteroatoms. The molecule has 0 bridgehead atoms. The fourth-order valence-corrected chi connectivity index (χ4v) is 3.89. The fourth-order valence-electron chi connectivity index (χ4n) is 3.89. The van der Waals surface area contributed by atoms with Crippen LogP contribution < -0.4 is 5.32 Å². The summed E-state index contributed by atoms with van der Waals surface area (Å²) < 4.78 is 6.21. The molecule has 1 N–H and O–H groups in total. The Morgan fingerprint density at radius 3 is 1.70 bits per heavy atom. The van der Waals surface area contributed by atoms with Crippen LogP contribution in [0.3, 0.4) is 0 Å². The maximum Gasteiger partial charge on any atom is 0.275 e. The van der Waals surface area contributed by atoms with Crippen LogP contribution in [0.5, 0.6) is 0 Å². The van der Waals surface area contributed by atoms with Crippen molar-refractivity contribution < 1.29 is 14.0 Å². The van der Waals surface area contributed by atoms with E-state index in [-0.39, 0.29) is 5.91 Å². The maximum atomic E-state index is 12.1.